The highest BCUT2D eigenvalue weighted by Gasteiger charge is 2.20. The van der Waals surface area contributed by atoms with Crippen LogP contribution in [0.25, 0.3) is 0 Å². The van der Waals surface area contributed by atoms with E-state index in [0.29, 0.717) is 6.04 Å². The summed E-state index contributed by atoms with van der Waals surface area (Å²) in [5.74, 6) is 2.80. The molecule has 1 aromatic heterocycles. The van der Waals surface area contributed by atoms with Crippen molar-refractivity contribution in [2.24, 2.45) is 10.9 Å². The van der Waals surface area contributed by atoms with Crippen LogP contribution >= 0.6 is 47.1 Å². The van der Waals surface area contributed by atoms with Crippen molar-refractivity contribution in [3.63, 3.8) is 0 Å². The largest absolute Gasteiger partial charge is 0.357 e. The van der Waals surface area contributed by atoms with Crippen molar-refractivity contribution >= 4 is 53.0 Å². The first-order valence-corrected chi connectivity index (χ1v) is 11.3. The predicted octanol–water partition coefficient (Wildman–Crippen LogP) is 3.92. The lowest BCUT2D eigenvalue weighted by Gasteiger charge is -2.34. The van der Waals surface area contributed by atoms with E-state index in [1.807, 2.05) is 23.3 Å². The van der Waals surface area contributed by atoms with Gasteiger partial charge < -0.3 is 15.5 Å². The van der Waals surface area contributed by atoms with E-state index >= 15 is 0 Å². The van der Waals surface area contributed by atoms with Crippen LogP contribution in [0.5, 0.6) is 0 Å². The molecule has 0 spiro atoms. The van der Waals surface area contributed by atoms with Gasteiger partial charge in [-0.2, -0.15) is 0 Å². The van der Waals surface area contributed by atoms with Crippen LogP contribution in [0.4, 0.5) is 0 Å². The zero-order valence-corrected chi connectivity index (χ0v) is 20.2. The topological polar surface area (TPSA) is 52.6 Å². The van der Waals surface area contributed by atoms with Crippen LogP contribution in [0.3, 0.4) is 0 Å². The van der Waals surface area contributed by atoms with Gasteiger partial charge in [0.15, 0.2) is 5.96 Å². The summed E-state index contributed by atoms with van der Waals surface area (Å²) in [6.45, 7) is 12.1. The molecular weight excluding hydrogens is 477 g/mol. The van der Waals surface area contributed by atoms with Crippen molar-refractivity contribution in [1.82, 2.24) is 20.5 Å². The number of nitrogens with one attached hydrogen (secondary N) is 2. The zero-order chi connectivity index (χ0) is 17.9. The molecule has 0 aliphatic carbocycles. The van der Waals surface area contributed by atoms with Crippen LogP contribution in [-0.4, -0.2) is 60.4 Å². The number of aliphatic imine (C=N–C) groups is 1. The third kappa shape index (κ3) is 9.75. The second kappa shape index (κ2) is 14.0. The van der Waals surface area contributed by atoms with E-state index < -0.39 is 0 Å². The van der Waals surface area contributed by atoms with Gasteiger partial charge in [-0.1, -0.05) is 25.6 Å². The summed E-state index contributed by atoms with van der Waals surface area (Å²) in [5.41, 5.74) is 0. The molecule has 5 nitrogen and oxygen atoms in total. The number of hydrogen-bond acceptors (Lipinski definition) is 5. The second-order valence-electron chi connectivity index (χ2n) is 6.87. The summed E-state index contributed by atoms with van der Waals surface area (Å²) in [6.07, 6.45) is 5.35. The van der Waals surface area contributed by atoms with Gasteiger partial charge in [-0.3, -0.25) is 4.99 Å². The van der Waals surface area contributed by atoms with Gasteiger partial charge in [-0.25, -0.2) is 4.98 Å². The van der Waals surface area contributed by atoms with E-state index in [-0.39, 0.29) is 24.0 Å². The maximum atomic E-state index is 4.74. The molecular formula is C18H34IN5S2. The van der Waals surface area contributed by atoms with Crippen molar-refractivity contribution in [3.05, 3.63) is 11.6 Å². The summed E-state index contributed by atoms with van der Waals surface area (Å²) in [6, 6.07) is 0.547. The summed E-state index contributed by atoms with van der Waals surface area (Å²) >= 11 is 3.53. The van der Waals surface area contributed by atoms with Gasteiger partial charge >= 0.3 is 0 Å². The van der Waals surface area contributed by atoms with Gasteiger partial charge in [0.25, 0.3) is 0 Å². The molecule has 150 valence electrons. The highest BCUT2D eigenvalue weighted by Crippen LogP contribution is 2.20. The summed E-state index contributed by atoms with van der Waals surface area (Å²) < 4.78 is 1.15. The Hall–Kier alpha value is -0.0600. The number of guanidine groups is 1. The predicted molar refractivity (Wildman–Crippen MR) is 126 cm³/mol. The van der Waals surface area contributed by atoms with E-state index in [2.05, 4.69) is 41.3 Å². The SMILES string of the molecule is CCNC(=NCCCSc1nccs1)NC1CCN(CC(C)C)CC1.I. The normalized spacial score (nSPS) is 16.5. The Kier molecular flexibility index (Phi) is 12.9. The first-order chi connectivity index (χ1) is 12.2. The standard InChI is InChI=1S/C18H33N5S2.HI/c1-4-19-17(20-8-5-12-24-18-21-9-13-25-18)22-16-6-10-23(11-7-16)14-15(2)3;/h9,13,15-16H,4-8,10-12,14H2,1-3H3,(H2,19,20,22);1H. The number of hydrogen-bond donors (Lipinski definition) is 2. The fraction of sp³-hybridized carbons (Fsp3) is 0.778. The molecule has 0 amide bonds. The van der Waals surface area contributed by atoms with Gasteiger partial charge in [-0.15, -0.1) is 35.3 Å². The molecule has 2 rings (SSSR count). The Labute approximate surface area is 184 Å². The first-order valence-electron chi connectivity index (χ1n) is 9.47. The molecule has 8 heteroatoms. The molecule has 2 N–H and O–H groups in total. The summed E-state index contributed by atoms with van der Waals surface area (Å²) in [4.78, 5) is 11.6. The van der Waals surface area contributed by atoms with Gasteiger partial charge in [0.1, 0.15) is 4.34 Å². The molecule has 1 aromatic rings. The zero-order valence-electron chi connectivity index (χ0n) is 16.2. The van der Waals surface area contributed by atoms with E-state index in [9.17, 15) is 0 Å². The second-order valence-corrected chi connectivity index (χ2v) is 9.11. The number of rotatable bonds is 9. The smallest absolute Gasteiger partial charge is 0.191 e. The lowest BCUT2D eigenvalue weighted by Crippen LogP contribution is -2.49. The van der Waals surface area contributed by atoms with Gasteiger partial charge in [0.05, 0.1) is 0 Å². The quantitative estimate of drug-likeness (QED) is 0.173. The van der Waals surface area contributed by atoms with Crippen molar-refractivity contribution < 1.29 is 0 Å². The Morgan fingerprint density at radius 2 is 2.19 bits per heavy atom. The summed E-state index contributed by atoms with van der Waals surface area (Å²) in [7, 11) is 0. The van der Waals surface area contributed by atoms with E-state index in [0.717, 1.165) is 41.5 Å². The van der Waals surface area contributed by atoms with E-state index in [1.54, 1.807) is 11.3 Å². The first kappa shape index (κ1) is 24.0. The van der Waals surface area contributed by atoms with Crippen molar-refractivity contribution in [2.75, 3.05) is 38.5 Å². The fourth-order valence-electron chi connectivity index (χ4n) is 2.99. The van der Waals surface area contributed by atoms with Crippen LogP contribution in [-0.2, 0) is 0 Å². The number of thiazole rings is 1. The van der Waals surface area contributed by atoms with Gasteiger partial charge in [-0.05, 0) is 32.1 Å². The average Bonchev–Trinajstić information content (AvgIpc) is 3.09. The molecule has 0 aromatic carbocycles. The lowest BCUT2D eigenvalue weighted by molar-refractivity contribution is 0.187. The van der Waals surface area contributed by atoms with Crippen LogP contribution < -0.4 is 10.6 Å². The lowest BCUT2D eigenvalue weighted by atomic mass is 10.0. The number of nitrogens with zero attached hydrogens (tertiary/aromatic N) is 3. The third-order valence-corrected chi connectivity index (χ3v) is 6.16. The third-order valence-electron chi connectivity index (χ3n) is 4.10. The van der Waals surface area contributed by atoms with Crippen LogP contribution in [0, 0.1) is 5.92 Å². The van der Waals surface area contributed by atoms with Crippen LogP contribution in [0.1, 0.15) is 40.0 Å². The molecule has 26 heavy (non-hydrogen) atoms. The highest BCUT2D eigenvalue weighted by atomic mass is 127. The maximum absolute atomic E-state index is 4.74. The summed E-state index contributed by atoms with van der Waals surface area (Å²) in [5, 5.41) is 9.04. The van der Waals surface area contributed by atoms with E-state index in [1.165, 1.54) is 32.5 Å². The minimum atomic E-state index is 0. The highest BCUT2D eigenvalue weighted by molar-refractivity contribution is 14.0. The maximum Gasteiger partial charge on any atom is 0.191 e. The Bertz CT molecular complexity index is 488. The number of aromatic nitrogens is 1. The molecule has 1 aliphatic rings. The van der Waals surface area contributed by atoms with Crippen LogP contribution in [0.15, 0.2) is 20.9 Å². The van der Waals surface area contributed by atoms with E-state index in [4.69, 9.17) is 4.99 Å². The Balaban J connectivity index is 0.00000338. The molecule has 1 aliphatic heterocycles. The minimum Gasteiger partial charge on any atom is -0.357 e. The molecule has 0 radical (unpaired) electrons. The minimum absolute atomic E-state index is 0. The number of halogens is 1. The molecule has 0 atom stereocenters. The Morgan fingerprint density at radius 1 is 1.42 bits per heavy atom. The van der Waals surface area contributed by atoms with Gasteiger partial charge in [0.2, 0.25) is 0 Å². The molecule has 0 unspecified atom stereocenters. The fourth-order valence-corrected chi connectivity index (χ4v) is 4.62. The van der Waals surface area contributed by atoms with Crippen LogP contribution in [0.2, 0.25) is 0 Å². The van der Waals surface area contributed by atoms with Crippen molar-refractivity contribution in [2.45, 2.75) is 50.4 Å². The number of piperidine rings is 1. The van der Waals surface area contributed by atoms with Crippen molar-refractivity contribution in [3.8, 4) is 0 Å². The Morgan fingerprint density at radius 3 is 2.81 bits per heavy atom. The average molecular weight is 512 g/mol. The molecule has 1 saturated heterocycles. The van der Waals surface area contributed by atoms with Gasteiger partial charge in [0, 0.05) is 56.1 Å². The molecule has 0 bridgehead atoms. The monoisotopic (exact) mass is 511 g/mol. The number of likely N-dealkylation sites (tertiary alicyclic amines) is 1. The molecule has 2 heterocycles. The molecule has 0 saturated carbocycles. The number of thioether (sulfide) groups is 1. The molecule has 1 fully saturated rings. The van der Waals surface area contributed by atoms with Crippen molar-refractivity contribution in [1.29, 1.82) is 0 Å².